The highest BCUT2D eigenvalue weighted by atomic mass is 35.5. The van der Waals surface area contributed by atoms with Crippen LogP contribution in [0.3, 0.4) is 0 Å². The highest BCUT2D eigenvalue weighted by molar-refractivity contribution is 6.21. The third kappa shape index (κ3) is 2.11. The molecule has 0 aromatic heterocycles. The van der Waals surface area contributed by atoms with Gasteiger partial charge in [-0.15, -0.1) is 11.6 Å². The maximum absolute atomic E-state index is 14.1. The van der Waals surface area contributed by atoms with Crippen LogP contribution in [0.25, 0.3) is 0 Å². The van der Waals surface area contributed by atoms with E-state index in [1.807, 2.05) is 0 Å². The van der Waals surface area contributed by atoms with Gasteiger partial charge < -0.3 is 0 Å². The monoisotopic (exact) mass is 314 g/mol. The number of rotatable bonds is 2. The van der Waals surface area contributed by atoms with Crippen LogP contribution in [0.5, 0.6) is 0 Å². The quantitative estimate of drug-likeness (QED) is 0.623. The van der Waals surface area contributed by atoms with Gasteiger partial charge in [0.2, 0.25) is 0 Å². The van der Waals surface area contributed by atoms with Gasteiger partial charge in [0.25, 0.3) is 0 Å². The van der Waals surface area contributed by atoms with Crippen molar-refractivity contribution in [1.29, 1.82) is 0 Å². The molecule has 0 aliphatic heterocycles. The van der Waals surface area contributed by atoms with Crippen molar-refractivity contribution >= 4 is 11.6 Å². The first-order valence-corrected chi connectivity index (χ1v) is 8.19. The number of hydrogen-bond acceptors (Lipinski definition) is 0. The molecule has 0 heterocycles. The van der Waals surface area contributed by atoms with Gasteiger partial charge in [-0.3, -0.25) is 0 Å². The molecule has 0 spiro atoms. The minimum atomic E-state index is -0.886. The van der Waals surface area contributed by atoms with Crippen molar-refractivity contribution in [2.24, 2.45) is 23.2 Å². The fourth-order valence-corrected chi connectivity index (χ4v) is 6.07. The lowest BCUT2D eigenvalue weighted by Crippen LogP contribution is -2.48. The molecule has 0 N–H and O–H groups in total. The third-order valence-corrected chi connectivity index (χ3v) is 6.60. The minimum Gasteiger partial charge on any atom is -0.207 e. The maximum atomic E-state index is 14.1. The first kappa shape index (κ1) is 13.9. The van der Waals surface area contributed by atoms with Crippen LogP contribution >= 0.6 is 11.6 Å². The van der Waals surface area contributed by atoms with E-state index in [0.29, 0.717) is 17.8 Å². The molecule has 1 aromatic carbocycles. The summed E-state index contributed by atoms with van der Waals surface area (Å²) in [7, 11) is 0. The second-order valence-corrected chi connectivity index (χ2v) is 7.86. The standard InChI is InChI=1S/C17H18ClF3/c18-16(15-13(20)4-12(19)5-14(15)21)17-6-9-1-10(7-17)3-11(2-9)8-17/h4-5,9-11,16H,1-3,6-8H2. The van der Waals surface area contributed by atoms with E-state index in [1.165, 1.54) is 19.3 Å². The summed E-state index contributed by atoms with van der Waals surface area (Å²) in [5, 5.41) is -0.688. The van der Waals surface area contributed by atoms with Crippen molar-refractivity contribution in [3.8, 4) is 0 Å². The first-order valence-electron chi connectivity index (χ1n) is 7.75. The van der Waals surface area contributed by atoms with E-state index in [-0.39, 0.29) is 11.0 Å². The lowest BCUT2D eigenvalue weighted by molar-refractivity contribution is -0.0560. The average Bonchev–Trinajstić information content (AvgIpc) is 2.35. The summed E-state index contributed by atoms with van der Waals surface area (Å²) in [6.45, 7) is 0. The molecule has 4 heteroatoms. The van der Waals surface area contributed by atoms with Crippen molar-refractivity contribution in [3.63, 3.8) is 0 Å². The normalized spacial score (nSPS) is 38.8. The molecule has 1 unspecified atom stereocenters. The van der Waals surface area contributed by atoms with E-state index in [2.05, 4.69) is 0 Å². The van der Waals surface area contributed by atoms with Gasteiger partial charge in [-0.05, 0) is 61.7 Å². The highest BCUT2D eigenvalue weighted by Gasteiger charge is 2.54. The van der Waals surface area contributed by atoms with Crippen LogP contribution in [0.2, 0.25) is 0 Å². The molecule has 0 nitrogen and oxygen atoms in total. The van der Waals surface area contributed by atoms with Crippen molar-refractivity contribution in [2.75, 3.05) is 0 Å². The molecule has 1 aromatic rings. The summed E-state index contributed by atoms with van der Waals surface area (Å²) in [6.07, 6.45) is 6.63. The van der Waals surface area contributed by atoms with E-state index in [9.17, 15) is 13.2 Å². The van der Waals surface area contributed by atoms with Gasteiger partial charge in [-0.25, -0.2) is 13.2 Å². The summed E-state index contributed by atoms with van der Waals surface area (Å²) in [5.74, 6) is -0.605. The zero-order chi connectivity index (χ0) is 14.8. The van der Waals surface area contributed by atoms with Crippen molar-refractivity contribution in [1.82, 2.24) is 0 Å². The van der Waals surface area contributed by atoms with Crippen LogP contribution in [-0.4, -0.2) is 0 Å². The van der Waals surface area contributed by atoms with Gasteiger partial charge in [0, 0.05) is 17.7 Å². The molecule has 0 radical (unpaired) electrons. The van der Waals surface area contributed by atoms with Gasteiger partial charge in [0.1, 0.15) is 17.5 Å². The summed E-state index contributed by atoms with van der Waals surface area (Å²) in [5.41, 5.74) is -0.324. The molecule has 4 fully saturated rings. The summed E-state index contributed by atoms with van der Waals surface area (Å²) >= 11 is 6.59. The number of alkyl halides is 1. The SMILES string of the molecule is Fc1cc(F)c(C(Cl)C23CC4CC(CC(C4)C2)C3)c(F)c1. The second kappa shape index (κ2) is 4.65. The van der Waals surface area contributed by atoms with Crippen molar-refractivity contribution in [3.05, 3.63) is 35.1 Å². The molecular weight excluding hydrogens is 297 g/mol. The maximum Gasteiger partial charge on any atom is 0.133 e. The van der Waals surface area contributed by atoms with Crippen molar-refractivity contribution < 1.29 is 13.2 Å². The van der Waals surface area contributed by atoms with Crippen LogP contribution in [-0.2, 0) is 0 Å². The van der Waals surface area contributed by atoms with Gasteiger partial charge in [0.05, 0.1) is 5.38 Å². The molecular formula is C17H18ClF3. The molecule has 114 valence electrons. The van der Waals surface area contributed by atoms with Crippen LogP contribution in [0.4, 0.5) is 13.2 Å². The zero-order valence-corrected chi connectivity index (χ0v) is 12.5. The first-order chi connectivity index (χ1) is 9.97. The Morgan fingerprint density at radius 3 is 1.76 bits per heavy atom. The Hall–Kier alpha value is -0.700. The fraction of sp³-hybridized carbons (Fsp3) is 0.647. The molecule has 4 aliphatic rings. The molecule has 4 saturated carbocycles. The summed E-state index contributed by atoms with van der Waals surface area (Å²) in [4.78, 5) is 0. The Kier molecular flexibility index (Phi) is 3.08. The van der Waals surface area contributed by atoms with E-state index >= 15 is 0 Å². The Morgan fingerprint density at radius 2 is 1.33 bits per heavy atom. The van der Waals surface area contributed by atoms with Crippen molar-refractivity contribution in [2.45, 2.75) is 43.9 Å². The van der Waals surface area contributed by atoms with Crippen LogP contribution in [0.15, 0.2) is 12.1 Å². The van der Waals surface area contributed by atoms with E-state index in [1.54, 1.807) is 0 Å². The van der Waals surface area contributed by atoms with E-state index in [0.717, 1.165) is 31.4 Å². The third-order valence-electron chi connectivity index (χ3n) is 5.92. The second-order valence-electron chi connectivity index (χ2n) is 7.43. The lowest BCUT2D eigenvalue weighted by atomic mass is 9.48. The molecule has 5 rings (SSSR count). The smallest absolute Gasteiger partial charge is 0.133 e. The number of benzene rings is 1. The highest BCUT2D eigenvalue weighted by Crippen LogP contribution is 2.65. The summed E-state index contributed by atoms with van der Waals surface area (Å²) < 4.78 is 41.3. The van der Waals surface area contributed by atoms with Gasteiger partial charge in [-0.2, -0.15) is 0 Å². The van der Waals surface area contributed by atoms with Gasteiger partial charge in [-0.1, -0.05) is 0 Å². The zero-order valence-electron chi connectivity index (χ0n) is 11.7. The Morgan fingerprint density at radius 1 is 0.905 bits per heavy atom. The van der Waals surface area contributed by atoms with Crippen LogP contribution < -0.4 is 0 Å². The van der Waals surface area contributed by atoms with Crippen LogP contribution in [0.1, 0.15) is 49.5 Å². The fourth-order valence-electron chi connectivity index (χ4n) is 5.59. The Labute approximate surface area is 127 Å². The topological polar surface area (TPSA) is 0 Å². The number of halogens is 4. The van der Waals surface area contributed by atoms with Crippen LogP contribution in [0, 0.1) is 40.6 Å². The van der Waals surface area contributed by atoms with Gasteiger partial charge in [0.15, 0.2) is 0 Å². The predicted molar refractivity (Wildman–Crippen MR) is 75.5 cm³/mol. The molecule has 21 heavy (non-hydrogen) atoms. The van der Waals surface area contributed by atoms with E-state index in [4.69, 9.17) is 11.6 Å². The summed E-state index contributed by atoms with van der Waals surface area (Å²) in [6, 6.07) is 1.49. The van der Waals surface area contributed by atoms with E-state index < -0.39 is 22.8 Å². The lowest BCUT2D eigenvalue weighted by Gasteiger charge is -2.58. The minimum absolute atomic E-state index is 0.125. The average molecular weight is 315 g/mol. The Bertz CT molecular complexity index is 525. The number of hydrogen-bond donors (Lipinski definition) is 0. The molecule has 0 saturated heterocycles. The molecule has 4 aliphatic carbocycles. The molecule has 1 atom stereocenters. The molecule has 4 bridgehead atoms. The largest absolute Gasteiger partial charge is 0.207 e. The van der Waals surface area contributed by atoms with Gasteiger partial charge >= 0.3 is 0 Å². The molecule has 0 amide bonds. The Balaban J connectivity index is 1.73. The predicted octanol–water partition coefficient (Wildman–Crippen LogP) is 5.60.